The van der Waals surface area contributed by atoms with Crippen LogP contribution in [0.4, 0.5) is 5.13 Å². The average Bonchev–Trinajstić information content (AvgIpc) is 2.80. The Balaban J connectivity index is 1.65. The van der Waals surface area contributed by atoms with Crippen molar-refractivity contribution in [1.82, 2.24) is 10.3 Å². The topological polar surface area (TPSA) is 54.0 Å². The van der Waals surface area contributed by atoms with Crippen LogP contribution in [0.2, 0.25) is 0 Å². The number of aryl methyl sites for hydroxylation is 1. The third kappa shape index (κ3) is 3.05. The Kier molecular flexibility index (Phi) is 3.80. The van der Waals surface area contributed by atoms with Gasteiger partial charge in [-0.05, 0) is 12.5 Å². The summed E-state index contributed by atoms with van der Waals surface area (Å²) in [5.41, 5.74) is 3.33. The Morgan fingerprint density at radius 2 is 2.40 bits per heavy atom. The summed E-state index contributed by atoms with van der Waals surface area (Å²) in [5.74, 6) is -0.00495. The number of aromatic nitrogens is 1. The summed E-state index contributed by atoms with van der Waals surface area (Å²) in [6.07, 6.45) is 1.34. The Hall–Kier alpha value is -1.72. The molecular formula is C15H17N3OS. The second-order valence-corrected chi connectivity index (χ2v) is 6.11. The third-order valence-electron chi connectivity index (χ3n) is 3.30. The number of carbonyl (C=O) groups is 1. The molecule has 0 radical (unpaired) electrons. The summed E-state index contributed by atoms with van der Waals surface area (Å²) in [6.45, 7) is 3.86. The zero-order chi connectivity index (χ0) is 13.9. The minimum atomic E-state index is -0.00495. The van der Waals surface area contributed by atoms with Crippen LogP contribution >= 0.6 is 11.3 Å². The van der Waals surface area contributed by atoms with Crippen LogP contribution < -0.4 is 10.6 Å². The number of rotatable bonds is 3. The number of thiazole rings is 1. The highest BCUT2D eigenvalue weighted by atomic mass is 32.1. The van der Waals surface area contributed by atoms with Crippen molar-refractivity contribution in [3.8, 4) is 0 Å². The van der Waals surface area contributed by atoms with Gasteiger partial charge in [0.15, 0.2) is 5.13 Å². The molecule has 0 aliphatic carbocycles. The monoisotopic (exact) mass is 287 g/mol. The molecule has 20 heavy (non-hydrogen) atoms. The number of benzene rings is 1. The van der Waals surface area contributed by atoms with Gasteiger partial charge in [-0.25, -0.2) is 4.98 Å². The van der Waals surface area contributed by atoms with Gasteiger partial charge in [-0.1, -0.05) is 29.8 Å². The van der Waals surface area contributed by atoms with Crippen molar-refractivity contribution in [2.45, 2.75) is 26.3 Å². The maximum absolute atomic E-state index is 12.0. The van der Waals surface area contributed by atoms with Crippen molar-refractivity contribution in [2.75, 3.05) is 11.9 Å². The van der Waals surface area contributed by atoms with Gasteiger partial charge in [0.05, 0.1) is 12.1 Å². The lowest BCUT2D eigenvalue weighted by molar-refractivity contribution is -0.115. The predicted octanol–water partition coefficient (Wildman–Crippen LogP) is 2.28. The van der Waals surface area contributed by atoms with E-state index in [9.17, 15) is 4.79 Å². The van der Waals surface area contributed by atoms with Gasteiger partial charge >= 0.3 is 0 Å². The molecule has 5 heteroatoms. The van der Waals surface area contributed by atoms with E-state index in [0.29, 0.717) is 6.42 Å². The molecular weight excluding hydrogens is 270 g/mol. The number of nitrogens with zero attached hydrogens (tertiary/aromatic N) is 1. The van der Waals surface area contributed by atoms with E-state index in [2.05, 4.69) is 15.6 Å². The lowest BCUT2D eigenvalue weighted by Crippen LogP contribution is -2.22. The third-order valence-corrected chi connectivity index (χ3v) is 4.31. The fraction of sp³-hybridized carbons (Fsp3) is 0.333. The number of fused-ring (bicyclic) bond motifs is 1. The maximum Gasteiger partial charge on any atom is 0.230 e. The van der Waals surface area contributed by atoms with Crippen LogP contribution in [0.5, 0.6) is 0 Å². The van der Waals surface area contributed by atoms with Gasteiger partial charge < -0.3 is 10.6 Å². The first-order valence-electron chi connectivity index (χ1n) is 6.75. The van der Waals surface area contributed by atoms with Crippen LogP contribution in [0.25, 0.3) is 0 Å². The molecule has 3 rings (SSSR count). The largest absolute Gasteiger partial charge is 0.311 e. The first kappa shape index (κ1) is 13.3. The van der Waals surface area contributed by atoms with Crippen molar-refractivity contribution < 1.29 is 4.79 Å². The van der Waals surface area contributed by atoms with E-state index in [1.807, 2.05) is 31.2 Å². The molecule has 0 fully saturated rings. The fourth-order valence-electron chi connectivity index (χ4n) is 2.35. The van der Waals surface area contributed by atoms with Crippen molar-refractivity contribution in [2.24, 2.45) is 0 Å². The van der Waals surface area contributed by atoms with E-state index in [-0.39, 0.29) is 5.91 Å². The van der Waals surface area contributed by atoms with Gasteiger partial charge in [-0.3, -0.25) is 4.79 Å². The number of carbonyl (C=O) groups excluding carboxylic acids is 1. The van der Waals surface area contributed by atoms with Gasteiger partial charge in [0.1, 0.15) is 0 Å². The average molecular weight is 287 g/mol. The number of nitrogens with one attached hydrogen (secondary N) is 2. The molecule has 0 atom stereocenters. The zero-order valence-corrected chi connectivity index (χ0v) is 12.2. The minimum Gasteiger partial charge on any atom is -0.311 e. The van der Waals surface area contributed by atoms with Crippen LogP contribution in [0.1, 0.15) is 21.7 Å². The molecule has 1 aliphatic heterocycles. The van der Waals surface area contributed by atoms with Crippen molar-refractivity contribution in [1.29, 1.82) is 0 Å². The molecule has 1 amide bonds. The second-order valence-electron chi connectivity index (χ2n) is 5.03. The zero-order valence-electron chi connectivity index (χ0n) is 11.4. The van der Waals surface area contributed by atoms with Gasteiger partial charge in [0.2, 0.25) is 5.91 Å². The van der Waals surface area contributed by atoms with Gasteiger partial charge in [0, 0.05) is 24.4 Å². The molecule has 104 valence electrons. The van der Waals surface area contributed by atoms with E-state index in [0.717, 1.165) is 35.9 Å². The van der Waals surface area contributed by atoms with Gasteiger partial charge in [-0.15, -0.1) is 11.3 Å². The number of hydrogen-bond donors (Lipinski definition) is 2. The smallest absolute Gasteiger partial charge is 0.230 e. The summed E-state index contributed by atoms with van der Waals surface area (Å²) >= 11 is 1.57. The lowest BCUT2D eigenvalue weighted by atomic mass is 10.1. The van der Waals surface area contributed by atoms with Crippen LogP contribution in [-0.4, -0.2) is 17.4 Å². The maximum atomic E-state index is 12.0. The normalized spacial score (nSPS) is 13.8. The van der Waals surface area contributed by atoms with Crippen molar-refractivity contribution >= 4 is 22.4 Å². The molecule has 4 nitrogen and oxygen atoms in total. The highest BCUT2D eigenvalue weighted by Crippen LogP contribution is 2.25. The SMILES string of the molecule is Cc1cccc(CC(=O)Nc2nc3c(s2)CNCC3)c1. The van der Waals surface area contributed by atoms with Crippen LogP contribution in [0, 0.1) is 6.92 Å². The molecule has 1 aromatic heterocycles. The number of hydrogen-bond acceptors (Lipinski definition) is 4. The highest BCUT2D eigenvalue weighted by molar-refractivity contribution is 7.15. The molecule has 0 unspecified atom stereocenters. The predicted molar refractivity (Wildman–Crippen MR) is 81.0 cm³/mol. The first-order chi connectivity index (χ1) is 9.70. The quantitative estimate of drug-likeness (QED) is 0.910. The van der Waals surface area contributed by atoms with Gasteiger partial charge in [-0.2, -0.15) is 0 Å². The summed E-state index contributed by atoms with van der Waals surface area (Å²) < 4.78 is 0. The van der Waals surface area contributed by atoms with E-state index in [1.165, 1.54) is 10.4 Å². The molecule has 2 N–H and O–H groups in total. The first-order valence-corrected chi connectivity index (χ1v) is 7.57. The van der Waals surface area contributed by atoms with E-state index >= 15 is 0 Å². The Bertz CT molecular complexity index is 612. The minimum absolute atomic E-state index is 0.00495. The number of amides is 1. The van der Waals surface area contributed by atoms with E-state index in [4.69, 9.17) is 0 Å². The molecule has 1 aromatic carbocycles. The highest BCUT2D eigenvalue weighted by Gasteiger charge is 2.16. The van der Waals surface area contributed by atoms with Crippen LogP contribution in [-0.2, 0) is 24.2 Å². The molecule has 0 saturated heterocycles. The lowest BCUT2D eigenvalue weighted by Gasteiger charge is -2.09. The summed E-state index contributed by atoms with van der Waals surface area (Å²) in [6, 6.07) is 8.02. The summed E-state index contributed by atoms with van der Waals surface area (Å²) in [7, 11) is 0. The van der Waals surface area contributed by atoms with E-state index in [1.54, 1.807) is 11.3 Å². The fourth-order valence-corrected chi connectivity index (χ4v) is 3.34. The Morgan fingerprint density at radius 1 is 1.50 bits per heavy atom. The molecule has 0 spiro atoms. The van der Waals surface area contributed by atoms with Crippen molar-refractivity contribution in [3.05, 3.63) is 46.0 Å². The summed E-state index contributed by atoms with van der Waals surface area (Å²) in [4.78, 5) is 17.8. The standard InChI is InChI=1S/C15H17N3OS/c1-10-3-2-4-11(7-10)8-14(19)18-15-17-12-5-6-16-9-13(12)20-15/h2-4,7,16H,5-6,8-9H2,1H3,(H,17,18,19). The molecule has 1 aliphatic rings. The molecule has 2 aromatic rings. The van der Waals surface area contributed by atoms with Crippen LogP contribution in [0.3, 0.4) is 0 Å². The van der Waals surface area contributed by atoms with Crippen molar-refractivity contribution in [3.63, 3.8) is 0 Å². The van der Waals surface area contributed by atoms with Gasteiger partial charge in [0.25, 0.3) is 0 Å². The van der Waals surface area contributed by atoms with Crippen LogP contribution in [0.15, 0.2) is 24.3 Å². The summed E-state index contributed by atoms with van der Waals surface area (Å²) in [5, 5.41) is 6.94. The molecule has 0 saturated carbocycles. The number of anilines is 1. The second kappa shape index (κ2) is 5.73. The molecule has 2 heterocycles. The Labute approximate surface area is 122 Å². The Morgan fingerprint density at radius 3 is 3.20 bits per heavy atom. The van der Waals surface area contributed by atoms with E-state index < -0.39 is 0 Å². The molecule has 0 bridgehead atoms.